The second-order valence-electron chi connectivity index (χ2n) is 7.46. The van der Waals surface area contributed by atoms with E-state index >= 15 is 0 Å². The zero-order chi connectivity index (χ0) is 22.8. The third-order valence-electron chi connectivity index (χ3n) is 4.99. The number of aryl methyl sites for hydroxylation is 2. The van der Waals surface area contributed by atoms with Crippen molar-refractivity contribution in [2.75, 3.05) is 10.6 Å². The van der Waals surface area contributed by atoms with E-state index < -0.39 is 11.5 Å². The first-order valence-electron chi connectivity index (χ1n) is 10.0. The van der Waals surface area contributed by atoms with E-state index in [1.807, 2.05) is 31.2 Å². The van der Waals surface area contributed by atoms with Gasteiger partial charge in [0.15, 0.2) is 0 Å². The summed E-state index contributed by atoms with van der Waals surface area (Å²) >= 11 is 0. The van der Waals surface area contributed by atoms with E-state index in [4.69, 9.17) is 0 Å². The normalized spacial score (nSPS) is 10.8. The van der Waals surface area contributed by atoms with Crippen LogP contribution in [0.4, 0.5) is 11.4 Å². The van der Waals surface area contributed by atoms with Crippen LogP contribution in [0, 0.1) is 13.8 Å². The number of carbonyl (C=O) groups is 2. The number of hydrogen-bond acceptors (Lipinski definition) is 5. The highest BCUT2D eigenvalue weighted by Crippen LogP contribution is 2.19. The van der Waals surface area contributed by atoms with Crippen molar-refractivity contribution in [2.24, 2.45) is 0 Å². The number of nitrogens with one attached hydrogen (secondary N) is 2. The van der Waals surface area contributed by atoms with Crippen LogP contribution in [0.2, 0.25) is 0 Å². The summed E-state index contributed by atoms with van der Waals surface area (Å²) < 4.78 is 2.74. The molecule has 2 N–H and O–H groups in total. The first-order chi connectivity index (χ1) is 15.3. The van der Waals surface area contributed by atoms with E-state index in [0.717, 1.165) is 15.9 Å². The Labute approximate surface area is 183 Å². The highest BCUT2D eigenvalue weighted by molar-refractivity contribution is 5.92. The summed E-state index contributed by atoms with van der Waals surface area (Å²) in [5, 5.41) is 14.7. The van der Waals surface area contributed by atoms with Crippen LogP contribution in [-0.4, -0.2) is 31.4 Å². The number of amides is 2. The quantitative estimate of drug-likeness (QED) is 0.506. The van der Waals surface area contributed by atoms with E-state index in [1.165, 1.54) is 6.92 Å². The van der Waals surface area contributed by atoms with Crippen LogP contribution in [0.1, 0.15) is 18.2 Å². The molecule has 0 saturated heterocycles. The molecule has 0 aliphatic rings. The molecule has 4 rings (SSSR count). The molecule has 162 valence electrons. The molecule has 2 heterocycles. The van der Waals surface area contributed by atoms with E-state index in [2.05, 4.69) is 20.8 Å². The van der Waals surface area contributed by atoms with Crippen LogP contribution in [0.15, 0.2) is 59.5 Å². The molecular formula is C23H22N6O3. The summed E-state index contributed by atoms with van der Waals surface area (Å²) in [7, 11) is 0. The van der Waals surface area contributed by atoms with E-state index in [0.29, 0.717) is 28.0 Å². The monoisotopic (exact) mass is 430 g/mol. The summed E-state index contributed by atoms with van der Waals surface area (Å²) in [5.74, 6) is -0.574. The molecule has 0 radical (unpaired) electrons. The standard InChI is InChI=1S/C23H22N6O3/c1-14-6-4-5-7-20(14)29-22-19(12-24-29)15(2)27-28(23(22)32)13-21(31)26-18-10-8-17(9-11-18)25-16(3)30/h4-12H,13H2,1-3H3,(H,25,30)(H,26,31). The molecule has 0 saturated carbocycles. The van der Waals surface area contributed by atoms with Crippen LogP contribution in [0.25, 0.3) is 16.6 Å². The Bertz CT molecular complexity index is 1390. The molecule has 9 nitrogen and oxygen atoms in total. The summed E-state index contributed by atoms with van der Waals surface area (Å²) in [4.78, 5) is 36.9. The fourth-order valence-electron chi connectivity index (χ4n) is 3.49. The largest absolute Gasteiger partial charge is 0.326 e. The zero-order valence-electron chi connectivity index (χ0n) is 17.9. The van der Waals surface area contributed by atoms with Gasteiger partial charge in [-0.3, -0.25) is 14.4 Å². The lowest BCUT2D eigenvalue weighted by molar-refractivity contribution is -0.117. The molecule has 9 heteroatoms. The number of benzene rings is 2. The molecule has 0 fully saturated rings. The molecule has 4 aromatic rings. The lowest BCUT2D eigenvalue weighted by atomic mass is 10.2. The average Bonchev–Trinajstić information content (AvgIpc) is 3.19. The molecule has 2 aromatic carbocycles. The number of nitrogens with zero attached hydrogens (tertiary/aromatic N) is 4. The van der Waals surface area contributed by atoms with Crippen molar-refractivity contribution in [3.63, 3.8) is 0 Å². The number of fused-ring (bicyclic) bond motifs is 1. The first-order valence-corrected chi connectivity index (χ1v) is 10.0. The van der Waals surface area contributed by atoms with Gasteiger partial charge in [0.2, 0.25) is 11.8 Å². The molecule has 0 bridgehead atoms. The van der Waals surface area contributed by atoms with Gasteiger partial charge in [0.05, 0.1) is 17.6 Å². The number of rotatable bonds is 5. The summed E-state index contributed by atoms with van der Waals surface area (Å²) in [6.07, 6.45) is 1.62. The van der Waals surface area contributed by atoms with E-state index in [9.17, 15) is 14.4 Å². The molecule has 0 spiro atoms. The van der Waals surface area contributed by atoms with Gasteiger partial charge in [-0.1, -0.05) is 18.2 Å². The second kappa shape index (κ2) is 8.46. The van der Waals surface area contributed by atoms with Crippen LogP contribution >= 0.6 is 0 Å². The van der Waals surface area contributed by atoms with Gasteiger partial charge in [0, 0.05) is 23.7 Å². The Balaban J connectivity index is 1.62. The van der Waals surface area contributed by atoms with Gasteiger partial charge < -0.3 is 10.6 Å². The summed E-state index contributed by atoms with van der Waals surface area (Å²) in [5.41, 5.74) is 3.51. The molecule has 0 atom stereocenters. The highest BCUT2D eigenvalue weighted by Gasteiger charge is 2.17. The van der Waals surface area contributed by atoms with Gasteiger partial charge in [0.1, 0.15) is 12.1 Å². The fraction of sp³-hybridized carbons (Fsp3) is 0.174. The highest BCUT2D eigenvalue weighted by atomic mass is 16.2. The number of hydrogen-bond donors (Lipinski definition) is 2. The van der Waals surface area contributed by atoms with Crippen molar-refractivity contribution in [1.82, 2.24) is 19.6 Å². The maximum absolute atomic E-state index is 13.2. The lowest BCUT2D eigenvalue weighted by Gasteiger charge is -2.10. The Morgan fingerprint density at radius 2 is 1.62 bits per heavy atom. The third-order valence-corrected chi connectivity index (χ3v) is 4.99. The second-order valence-corrected chi connectivity index (χ2v) is 7.46. The Morgan fingerprint density at radius 1 is 0.969 bits per heavy atom. The maximum Gasteiger partial charge on any atom is 0.293 e. The topological polar surface area (TPSA) is 111 Å². The van der Waals surface area contributed by atoms with Crippen molar-refractivity contribution in [1.29, 1.82) is 0 Å². The Morgan fingerprint density at radius 3 is 2.28 bits per heavy atom. The van der Waals surface area contributed by atoms with Gasteiger partial charge in [-0.05, 0) is 49.7 Å². The van der Waals surface area contributed by atoms with Crippen molar-refractivity contribution < 1.29 is 9.59 Å². The smallest absolute Gasteiger partial charge is 0.293 e. The number of anilines is 2. The van der Waals surface area contributed by atoms with Gasteiger partial charge in [-0.15, -0.1) is 0 Å². The fourth-order valence-corrected chi connectivity index (χ4v) is 3.49. The Hall–Kier alpha value is -4.27. The van der Waals surface area contributed by atoms with Gasteiger partial charge in [0.25, 0.3) is 5.56 Å². The summed E-state index contributed by atoms with van der Waals surface area (Å²) in [6.45, 7) is 4.90. The molecule has 2 aromatic heterocycles. The van der Waals surface area contributed by atoms with Gasteiger partial charge in [-0.25, -0.2) is 9.36 Å². The SMILES string of the molecule is CC(=O)Nc1ccc(NC(=O)Cn2nc(C)c3cnn(-c4ccccc4C)c3c2=O)cc1. The third kappa shape index (κ3) is 4.13. The van der Waals surface area contributed by atoms with Gasteiger partial charge >= 0.3 is 0 Å². The molecule has 0 unspecified atom stereocenters. The van der Waals surface area contributed by atoms with E-state index in [1.54, 1.807) is 42.1 Å². The molecule has 2 amide bonds. The van der Waals surface area contributed by atoms with Crippen molar-refractivity contribution in [3.8, 4) is 5.69 Å². The van der Waals surface area contributed by atoms with Crippen LogP contribution in [0.3, 0.4) is 0 Å². The zero-order valence-corrected chi connectivity index (χ0v) is 17.9. The predicted octanol–water partition coefficient (Wildman–Crippen LogP) is 2.80. The maximum atomic E-state index is 13.2. The Kier molecular flexibility index (Phi) is 5.55. The average molecular weight is 430 g/mol. The molecule has 0 aliphatic heterocycles. The number of aromatic nitrogens is 4. The van der Waals surface area contributed by atoms with Gasteiger partial charge in [-0.2, -0.15) is 10.2 Å². The van der Waals surface area contributed by atoms with Crippen molar-refractivity contribution in [2.45, 2.75) is 27.3 Å². The molecular weight excluding hydrogens is 408 g/mol. The predicted molar refractivity (Wildman–Crippen MR) is 122 cm³/mol. The lowest BCUT2D eigenvalue weighted by Crippen LogP contribution is -2.31. The minimum absolute atomic E-state index is 0.178. The molecule has 0 aliphatic carbocycles. The van der Waals surface area contributed by atoms with Crippen LogP contribution < -0.4 is 16.2 Å². The summed E-state index contributed by atoms with van der Waals surface area (Å²) in [6, 6.07) is 14.3. The number of para-hydroxylation sites is 1. The number of carbonyl (C=O) groups excluding carboxylic acids is 2. The van der Waals surface area contributed by atoms with Crippen LogP contribution in [-0.2, 0) is 16.1 Å². The minimum Gasteiger partial charge on any atom is -0.326 e. The van der Waals surface area contributed by atoms with Crippen molar-refractivity contribution >= 4 is 34.1 Å². The van der Waals surface area contributed by atoms with E-state index in [-0.39, 0.29) is 12.5 Å². The first kappa shape index (κ1) is 21.0. The molecule has 32 heavy (non-hydrogen) atoms. The minimum atomic E-state index is -0.400. The van der Waals surface area contributed by atoms with Crippen molar-refractivity contribution in [3.05, 3.63) is 76.3 Å². The van der Waals surface area contributed by atoms with Crippen LogP contribution in [0.5, 0.6) is 0 Å².